The Morgan fingerprint density at radius 2 is 1.85 bits per heavy atom. The van der Waals surface area contributed by atoms with Gasteiger partial charge in [0.1, 0.15) is 10.3 Å². The fourth-order valence-electron chi connectivity index (χ4n) is 2.61. The van der Waals surface area contributed by atoms with Crippen molar-refractivity contribution in [2.24, 2.45) is 0 Å². The maximum Gasteiger partial charge on any atom is 0.277 e. The van der Waals surface area contributed by atoms with Crippen LogP contribution in [0.1, 0.15) is 20.8 Å². The molecule has 2 N–H and O–H groups in total. The topological polar surface area (TPSA) is 118 Å². The van der Waals surface area contributed by atoms with E-state index in [0.29, 0.717) is 4.60 Å². The molecule has 3 aromatic rings. The zero-order valence-electron chi connectivity index (χ0n) is 17.6. The van der Waals surface area contributed by atoms with Crippen LogP contribution in [0.15, 0.2) is 41.1 Å². The Balaban J connectivity index is 1.89. The molecule has 3 amide bonds. The van der Waals surface area contributed by atoms with Crippen LogP contribution in [0.3, 0.4) is 0 Å². The summed E-state index contributed by atoms with van der Waals surface area (Å²) in [5, 5.41) is 7.20. The van der Waals surface area contributed by atoms with Crippen LogP contribution < -0.4 is 10.8 Å². The number of anilines is 1. The van der Waals surface area contributed by atoms with Gasteiger partial charge >= 0.3 is 0 Å². The van der Waals surface area contributed by atoms with Gasteiger partial charge in [0.2, 0.25) is 0 Å². The lowest BCUT2D eigenvalue weighted by Gasteiger charge is -2.15. The highest BCUT2D eigenvalue weighted by atomic mass is 79.9. The van der Waals surface area contributed by atoms with E-state index in [1.807, 2.05) is 0 Å². The van der Waals surface area contributed by atoms with Crippen LogP contribution in [-0.4, -0.2) is 58.1 Å². The van der Waals surface area contributed by atoms with Gasteiger partial charge in [-0.15, -0.1) is 0 Å². The van der Waals surface area contributed by atoms with Crippen LogP contribution in [-0.2, 0) is 9.63 Å². The second-order valence-electron chi connectivity index (χ2n) is 6.85. The summed E-state index contributed by atoms with van der Waals surface area (Å²) in [6.07, 6.45) is 1.50. The predicted octanol–water partition coefficient (Wildman–Crippen LogP) is 3.99. The minimum atomic E-state index is -0.784. The summed E-state index contributed by atoms with van der Waals surface area (Å²) in [5.74, 6) is -1.60. The van der Waals surface area contributed by atoms with Crippen molar-refractivity contribution in [2.75, 3.05) is 26.0 Å². The molecule has 0 bridgehead atoms. The van der Waals surface area contributed by atoms with E-state index in [2.05, 4.69) is 36.8 Å². The van der Waals surface area contributed by atoms with E-state index < -0.39 is 18.4 Å². The van der Waals surface area contributed by atoms with Crippen molar-refractivity contribution >= 4 is 74.1 Å². The predicted molar refractivity (Wildman–Crippen MR) is 131 cm³/mol. The summed E-state index contributed by atoms with van der Waals surface area (Å²) in [4.78, 5) is 47.9. The summed E-state index contributed by atoms with van der Waals surface area (Å²) in [6.45, 7) is -0.396. The van der Waals surface area contributed by atoms with Gasteiger partial charge in [-0.1, -0.05) is 34.8 Å². The molecule has 2 heterocycles. The van der Waals surface area contributed by atoms with Crippen molar-refractivity contribution in [1.82, 2.24) is 25.1 Å². The molecule has 10 nitrogen and oxygen atoms in total. The van der Waals surface area contributed by atoms with E-state index in [4.69, 9.17) is 39.6 Å². The van der Waals surface area contributed by atoms with Crippen molar-refractivity contribution < 1.29 is 19.2 Å². The van der Waals surface area contributed by atoms with E-state index >= 15 is 0 Å². The SMILES string of the molecule is CN(C)C(=O)CONC(=O)c1cc(Cl)cc(Cl)c1NC(=O)c1cc(Br)nn1-c1ncccc1Cl. The summed E-state index contributed by atoms with van der Waals surface area (Å²) < 4.78 is 1.58. The lowest BCUT2D eigenvalue weighted by atomic mass is 10.1. The first kappa shape index (κ1) is 25.9. The molecule has 178 valence electrons. The highest BCUT2D eigenvalue weighted by molar-refractivity contribution is 9.10. The van der Waals surface area contributed by atoms with Crippen LogP contribution in [0.2, 0.25) is 15.1 Å². The van der Waals surface area contributed by atoms with E-state index in [1.165, 1.54) is 34.0 Å². The van der Waals surface area contributed by atoms with Crippen LogP contribution in [0, 0.1) is 0 Å². The number of halogens is 4. The van der Waals surface area contributed by atoms with Crippen LogP contribution in [0.4, 0.5) is 5.69 Å². The number of hydrogen-bond acceptors (Lipinski definition) is 6. The number of likely N-dealkylation sites (N-methyl/N-ethyl adjacent to an activating group) is 1. The standard InChI is InChI=1S/C20H16BrCl3N6O4/c1-29(2)16(31)9-34-28-19(32)11-6-10(22)7-13(24)17(11)26-20(33)14-8-15(21)27-30(14)18-12(23)4-3-5-25-18/h3-8H,9H2,1-2H3,(H,26,33)(H,28,32). The van der Waals surface area contributed by atoms with Gasteiger partial charge < -0.3 is 10.2 Å². The largest absolute Gasteiger partial charge is 0.347 e. The number of aromatic nitrogens is 3. The van der Waals surface area contributed by atoms with Gasteiger partial charge in [0.25, 0.3) is 17.7 Å². The third kappa shape index (κ3) is 6.05. The summed E-state index contributed by atoms with van der Waals surface area (Å²) >= 11 is 21.8. The molecule has 0 aliphatic carbocycles. The van der Waals surface area contributed by atoms with Gasteiger partial charge in [0.15, 0.2) is 12.4 Å². The van der Waals surface area contributed by atoms with Gasteiger partial charge in [-0.05, 0) is 40.2 Å². The van der Waals surface area contributed by atoms with Gasteiger partial charge in [-0.2, -0.15) is 5.10 Å². The number of nitrogens with zero attached hydrogens (tertiary/aromatic N) is 4. The molecule has 0 spiro atoms. The van der Waals surface area contributed by atoms with Crippen molar-refractivity contribution in [2.45, 2.75) is 0 Å². The average molecular weight is 591 g/mol. The molecule has 0 fully saturated rings. The summed E-state index contributed by atoms with van der Waals surface area (Å²) in [5.41, 5.74) is 2.06. The van der Waals surface area contributed by atoms with E-state index in [9.17, 15) is 14.4 Å². The molecular formula is C20H16BrCl3N6O4. The number of nitrogens with one attached hydrogen (secondary N) is 2. The second kappa shape index (κ2) is 11.2. The first-order chi connectivity index (χ1) is 16.1. The number of amides is 3. The zero-order chi connectivity index (χ0) is 25.0. The molecule has 0 saturated heterocycles. The second-order valence-corrected chi connectivity index (χ2v) is 8.91. The molecule has 0 saturated carbocycles. The van der Waals surface area contributed by atoms with E-state index in [-0.39, 0.29) is 43.7 Å². The minimum absolute atomic E-state index is 0.00336. The molecule has 34 heavy (non-hydrogen) atoms. The fourth-order valence-corrected chi connectivity index (χ4v) is 3.73. The third-order valence-corrected chi connectivity index (χ3v) is 5.45. The highest BCUT2D eigenvalue weighted by Gasteiger charge is 2.23. The van der Waals surface area contributed by atoms with E-state index in [1.54, 1.807) is 26.2 Å². The Bertz CT molecular complexity index is 1270. The van der Waals surface area contributed by atoms with Crippen LogP contribution >= 0.6 is 50.7 Å². The number of hydrogen-bond donors (Lipinski definition) is 2. The van der Waals surface area contributed by atoms with Crippen molar-refractivity contribution in [3.63, 3.8) is 0 Å². The molecule has 1 aromatic carbocycles. The maximum atomic E-state index is 13.2. The Hall–Kier alpha value is -2.70. The summed E-state index contributed by atoms with van der Waals surface area (Å²) in [6, 6.07) is 7.32. The molecule has 0 aliphatic rings. The summed E-state index contributed by atoms with van der Waals surface area (Å²) in [7, 11) is 3.08. The molecule has 0 radical (unpaired) electrons. The first-order valence-corrected chi connectivity index (χ1v) is 11.3. The van der Waals surface area contributed by atoms with Crippen molar-refractivity contribution in [3.8, 4) is 5.82 Å². The molecule has 0 atom stereocenters. The van der Waals surface area contributed by atoms with Gasteiger partial charge in [0, 0.05) is 31.4 Å². The van der Waals surface area contributed by atoms with Gasteiger partial charge in [-0.3, -0.25) is 19.2 Å². The van der Waals surface area contributed by atoms with Crippen LogP contribution in [0.25, 0.3) is 5.82 Å². The Morgan fingerprint density at radius 3 is 2.53 bits per heavy atom. The van der Waals surface area contributed by atoms with Crippen molar-refractivity contribution in [1.29, 1.82) is 0 Å². The molecular weight excluding hydrogens is 575 g/mol. The quantitative estimate of drug-likeness (QED) is 0.402. The number of rotatable bonds is 7. The maximum absolute atomic E-state index is 13.2. The lowest BCUT2D eigenvalue weighted by Crippen LogP contribution is -2.32. The van der Waals surface area contributed by atoms with E-state index in [0.717, 1.165) is 0 Å². The molecule has 2 aromatic heterocycles. The molecule has 14 heteroatoms. The molecule has 3 rings (SSSR count). The normalized spacial score (nSPS) is 10.6. The highest BCUT2D eigenvalue weighted by Crippen LogP contribution is 2.31. The number of carbonyl (C=O) groups excluding carboxylic acids is 3. The smallest absolute Gasteiger partial charge is 0.277 e. The Morgan fingerprint density at radius 1 is 1.12 bits per heavy atom. The first-order valence-electron chi connectivity index (χ1n) is 9.37. The van der Waals surface area contributed by atoms with Crippen molar-refractivity contribution in [3.05, 3.63) is 67.5 Å². The Kier molecular flexibility index (Phi) is 8.50. The molecule has 0 unspecified atom stereocenters. The lowest BCUT2D eigenvalue weighted by molar-refractivity contribution is -0.135. The van der Waals surface area contributed by atoms with Gasteiger partial charge in [-0.25, -0.2) is 15.1 Å². The monoisotopic (exact) mass is 588 g/mol. The minimum Gasteiger partial charge on any atom is -0.347 e. The number of hydroxylamine groups is 1. The van der Waals surface area contributed by atoms with Crippen LogP contribution in [0.5, 0.6) is 0 Å². The zero-order valence-corrected chi connectivity index (χ0v) is 21.5. The average Bonchev–Trinajstić information content (AvgIpc) is 3.16. The number of carbonyl (C=O) groups is 3. The number of pyridine rings is 1. The van der Waals surface area contributed by atoms with Gasteiger partial charge in [0.05, 0.1) is 21.3 Å². The Labute approximate surface area is 217 Å². The third-order valence-electron chi connectivity index (χ3n) is 4.25. The number of benzene rings is 1. The molecule has 0 aliphatic heterocycles. The fraction of sp³-hybridized carbons (Fsp3) is 0.150.